The smallest absolute Gasteiger partial charge is 0.275 e. The first-order valence-corrected chi connectivity index (χ1v) is 8.99. The lowest BCUT2D eigenvalue weighted by molar-refractivity contribution is 0.102. The molecule has 3 rings (SSSR count). The Morgan fingerprint density at radius 1 is 1.20 bits per heavy atom. The average molecular weight is 373 g/mol. The van der Waals surface area contributed by atoms with Gasteiger partial charge in [-0.1, -0.05) is 35.4 Å². The normalized spacial score (nSPS) is 10.5. The highest BCUT2D eigenvalue weighted by atomic mass is 35.5. The highest BCUT2D eigenvalue weighted by Crippen LogP contribution is 2.24. The summed E-state index contributed by atoms with van der Waals surface area (Å²) in [7, 11) is 0. The number of anilines is 1. The second-order valence-corrected chi connectivity index (χ2v) is 6.94. The maximum atomic E-state index is 12.4. The quantitative estimate of drug-likeness (QED) is 0.665. The van der Waals surface area contributed by atoms with Crippen LogP contribution in [0.4, 0.5) is 5.69 Å². The average Bonchev–Trinajstić information content (AvgIpc) is 3.08. The van der Waals surface area contributed by atoms with Crippen molar-refractivity contribution < 1.29 is 9.53 Å². The van der Waals surface area contributed by atoms with Crippen LogP contribution in [0.15, 0.2) is 47.8 Å². The van der Waals surface area contributed by atoms with Crippen LogP contribution < -0.4 is 10.1 Å². The number of halogens is 1. The first-order chi connectivity index (χ1) is 12.0. The van der Waals surface area contributed by atoms with Crippen molar-refractivity contribution in [2.45, 2.75) is 20.5 Å². The molecule has 0 radical (unpaired) electrons. The van der Waals surface area contributed by atoms with Crippen LogP contribution in [0.1, 0.15) is 26.6 Å². The molecule has 0 spiro atoms. The summed E-state index contributed by atoms with van der Waals surface area (Å²) in [6, 6.07) is 13.2. The summed E-state index contributed by atoms with van der Waals surface area (Å²) in [5.74, 6) is 0.518. The van der Waals surface area contributed by atoms with E-state index >= 15 is 0 Å². The molecule has 0 aliphatic carbocycles. The van der Waals surface area contributed by atoms with Crippen LogP contribution in [0.25, 0.3) is 0 Å². The number of nitrogens with one attached hydrogen (secondary N) is 1. The Balaban J connectivity index is 1.63. The largest absolute Gasteiger partial charge is 0.486 e. The maximum Gasteiger partial charge on any atom is 0.275 e. The molecule has 0 unspecified atom stereocenters. The van der Waals surface area contributed by atoms with Crippen LogP contribution in [0.5, 0.6) is 5.75 Å². The molecule has 3 aromatic rings. The number of nitrogens with zero attached hydrogens (tertiary/aromatic N) is 1. The van der Waals surface area contributed by atoms with Gasteiger partial charge in [0.1, 0.15) is 23.1 Å². The molecule has 4 nitrogen and oxygen atoms in total. The van der Waals surface area contributed by atoms with E-state index < -0.39 is 0 Å². The van der Waals surface area contributed by atoms with Gasteiger partial charge in [-0.25, -0.2) is 4.98 Å². The van der Waals surface area contributed by atoms with Crippen molar-refractivity contribution in [1.29, 1.82) is 0 Å². The molecule has 2 aromatic carbocycles. The van der Waals surface area contributed by atoms with E-state index in [1.807, 2.05) is 44.2 Å². The third-order valence-electron chi connectivity index (χ3n) is 3.68. The van der Waals surface area contributed by atoms with E-state index in [1.54, 1.807) is 17.5 Å². The Kier molecular flexibility index (Phi) is 5.36. The zero-order valence-electron chi connectivity index (χ0n) is 13.9. The summed E-state index contributed by atoms with van der Waals surface area (Å²) in [5, 5.41) is 5.92. The molecule has 0 aliphatic heterocycles. The highest BCUT2D eigenvalue weighted by molar-refractivity contribution is 7.09. The van der Waals surface area contributed by atoms with Gasteiger partial charge in [-0.3, -0.25) is 4.79 Å². The van der Waals surface area contributed by atoms with Gasteiger partial charge in [-0.05, 0) is 43.7 Å². The van der Waals surface area contributed by atoms with E-state index in [0.29, 0.717) is 23.0 Å². The fraction of sp³-hybridized carbons (Fsp3) is 0.158. The number of thiazole rings is 1. The fourth-order valence-electron chi connectivity index (χ4n) is 2.19. The number of aromatic nitrogens is 1. The first-order valence-electron chi connectivity index (χ1n) is 7.73. The lowest BCUT2D eigenvalue weighted by Crippen LogP contribution is -2.13. The molecule has 6 heteroatoms. The number of aryl methyl sites for hydroxylation is 1. The third-order valence-corrected chi connectivity index (χ3v) is 4.92. The number of hydrogen-bond donors (Lipinski definition) is 1. The minimum Gasteiger partial charge on any atom is -0.486 e. The van der Waals surface area contributed by atoms with Crippen LogP contribution >= 0.6 is 22.9 Å². The van der Waals surface area contributed by atoms with Crippen molar-refractivity contribution in [3.8, 4) is 5.75 Å². The van der Waals surface area contributed by atoms with Crippen LogP contribution in [-0.4, -0.2) is 10.9 Å². The van der Waals surface area contributed by atoms with Gasteiger partial charge >= 0.3 is 0 Å². The topological polar surface area (TPSA) is 51.2 Å². The van der Waals surface area contributed by atoms with Gasteiger partial charge in [0.15, 0.2) is 0 Å². The molecular formula is C19H17ClN2O2S. The minimum atomic E-state index is -0.261. The third kappa shape index (κ3) is 4.38. The number of carbonyl (C=O) groups excluding carboxylic acids is 1. The van der Waals surface area contributed by atoms with E-state index in [9.17, 15) is 4.79 Å². The Bertz CT molecular complexity index is 891. The van der Waals surface area contributed by atoms with Crippen molar-refractivity contribution in [2.75, 3.05) is 5.32 Å². The van der Waals surface area contributed by atoms with Gasteiger partial charge in [0.25, 0.3) is 5.91 Å². The molecule has 0 atom stereocenters. The Morgan fingerprint density at radius 3 is 2.72 bits per heavy atom. The molecule has 0 saturated heterocycles. The lowest BCUT2D eigenvalue weighted by atomic mass is 10.2. The van der Waals surface area contributed by atoms with Crippen LogP contribution in [-0.2, 0) is 6.61 Å². The van der Waals surface area contributed by atoms with Gasteiger partial charge in [0, 0.05) is 16.1 Å². The Labute approximate surface area is 155 Å². The number of carbonyl (C=O) groups is 1. The van der Waals surface area contributed by atoms with Gasteiger partial charge in [0.2, 0.25) is 0 Å². The molecule has 1 amide bonds. The second kappa shape index (κ2) is 7.68. The predicted octanol–water partition coefficient (Wildman–Crippen LogP) is 5.24. The number of hydrogen-bond acceptors (Lipinski definition) is 4. The molecule has 1 aromatic heterocycles. The standard InChI is InChI=1S/C19H17ClN2O2S/c1-12-6-8-14(9-7-12)24-10-18-21-17(11-25-18)19(23)22-16-5-3-4-15(20)13(16)2/h3-9,11H,10H2,1-2H3,(H,22,23). The number of ether oxygens (including phenoxy) is 1. The monoisotopic (exact) mass is 372 g/mol. The fourth-order valence-corrected chi connectivity index (χ4v) is 3.05. The van der Waals surface area contributed by atoms with E-state index in [4.69, 9.17) is 16.3 Å². The molecule has 0 saturated carbocycles. The molecule has 1 N–H and O–H groups in total. The van der Waals surface area contributed by atoms with E-state index in [1.165, 1.54) is 16.9 Å². The van der Waals surface area contributed by atoms with Crippen LogP contribution in [0.2, 0.25) is 5.02 Å². The van der Waals surface area contributed by atoms with Crippen molar-refractivity contribution in [3.63, 3.8) is 0 Å². The van der Waals surface area contributed by atoms with Crippen molar-refractivity contribution in [3.05, 3.63) is 74.7 Å². The number of amides is 1. The number of rotatable bonds is 5. The summed E-state index contributed by atoms with van der Waals surface area (Å²) in [6.45, 7) is 4.22. The molecule has 128 valence electrons. The molecule has 0 aliphatic rings. The molecule has 25 heavy (non-hydrogen) atoms. The second-order valence-electron chi connectivity index (χ2n) is 5.59. The SMILES string of the molecule is Cc1ccc(OCc2nc(C(=O)Nc3cccc(Cl)c3C)cs2)cc1. The van der Waals surface area contributed by atoms with E-state index in [0.717, 1.165) is 16.3 Å². The lowest BCUT2D eigenvalue weighted by Gasteiger charge is -2.08. The highest BCUT2D eigenvalue weighted by Gasteiger charge is 2.13. The number of benzene rings is 2. The first kappa shape index (κ1) is 17.5. The zero-order valence-corrected chi connectivity index (χ0v) is 15.4. The zero-order chi connectivity index (χ0) is 17.8. The Morgan fingerprint density at radius 2 is 1.96 bits per heavy atom. The van der Waals surface area contributed by atoms with Gasteiger partial charge in [-0.15, -0.1) is 11.3 Å². The summed E-state index contributed by atoms with van der Waals surface area (Å²) in [6.07, 6.45) is 0. The molecule has 0 bridgehead atoms. The van der Waals surface area contributed by atoms with E-state index in [-0.39, 0.29) is 5.91 Å². The summed E-state index contributed by atoms with van der Waals surface area (Å²) < 4.78 is 5.69. The molecular weight excluding hydrogens is 356 g/mol. The summed E-state index contributed by atoms with van der Waals surface area (Å²) >= 11 is 7.47. The minimum absolute atomic E-state index is 0.261. The summed E-state index contributed by atoms with van der Waals surface area (Å²) in [4.78, 5) is 16.7. The summed E-state index contributed by atoms with van der Waals surface area (Å²) in [5.41, 5.74) is 3.06. The molecule has 1 heterocycles. The molecule has 0 fully saturated rings. The van der Waals surface area contributed by atoms with Crippen LogP contribution in [0.3, 0.4) is 0 Å². The van der Waals surface area contributed by atoms with Gasteiger partial charge < -0.3 is 10.1 Å². The van der Waals surface area contributed by atoms with Crippen LogP contribution in [0, 0.1) is 13.8 Å². The van der Waals surface area contributed by atoms with Gasteiger partial charge in [0.05, 0.1) is 0 Å². The Hall–Kier alpha value is -2.37. The van der Waals surface area contributed by atoms with Gasteiger partial charge in [-0.2, -0.15) is 0 Å². The van der Waals surface area contributed by atoms with Crippen molar-refractivity contribution >= 4 is 34.5 Å². The predicted molar refractivity (Wildman–Crippen MR) is 102 cm³/mol. The van der Waals surface area contributed by atoms with E-state index in [2.05, 4.69) is 10.3 Å². The maximum absolute atomic E-state index is 12.4. The van der Waals surface area contributed by atoms with Crippen molar-refractivity contribution in [2.24, 2.45) is 0 Å². The van der Waals surface area contributed by atoms with Crippen molar-refractivity contribution in [1.82, 2.24) is 4.98 Å².